The van der Waals surface area contributed by atoms with Crippen molar-refractivity contribution in [2.45, 2.75) is 19.9 Å². The second-order valence-electron chi connectivity index (χ2n) is 3.25. The maximum atomic E-state index is 4.10. The van der Waals surface area contributed by atoms with Gasteiger partial charge in [-0.05, 0) is 15.9 Å². The smallest absolute Gasteiger partial charge is 0.143 e. The van der Waals surface area contributed by atoms with Crippen LogP contribution in [0, 0.1) is 0 Å². The van der Waals surface area contributed by atoms with E-state index in [-0.39, 0.29) is 0 Å². The van der Waals surface area contributed by atoms with Crippen LogP contribution in [-0.2, 0) is 0 Å². The Morgan fingerprint density at radius 1 is 1.43 bits per heavy atom. The maximum Gasteiger partial charge on any atom is 0.143 e. The summed E-state index contributed by atoms with van der Waals surface area (Å²) in [6.45, 7) is 6.03. The van der Waals surface area contributed by atoms with Crippen LogP contribution in [0.25, 0.3) is 0 Å². The molecule has 78 valence electrons. The van der Waals surface area contributed by atoms with E-state index >= 15 is 0 Å². The Morgan fingerprint density at radius 3 is 2.86 bits per heavy atom. The molecule has 5 heteroatoms. The minimum Gasteiger partial charge on any atom is -0.368 e. The predicted octanol–water partition coefficient (Wildman–Crippen LogP) is 1.65. The quantitative estimate of drug-likeness (QED) is 0.789. The van der Waals surface area contributed by atoms with Crippen LogP contribution < -0.4 is 10.6 Å². The molecule has 1 aromatic rings. The van der Waals surface area contributed by atoms with E-state index in [9.17, 15) is 0 Å². The van der Waals surface area contributed by atoms with Crippen molar-refractivity contribution in [2.75, 3.05) is 18.4 Å². The second-order valence-corrected chi connectivity index (χ2v) is 4.11. The molecule has 4 nitrogen and oxygen atoms in total. The second kappa shape index (κ2) is 5.93. The number of aromatic nitrogens is 2. The summed E-state index contributed by atoms with van der Waals surface area (Å²) in [5.74, 6) is 0.838. The number of hydrogen-bond acceptors (Lipinski definition) is 4. The van der Waals surface area contributed by atoms with Crippen LogP contribution in [0.2, 0.25) is 0 Å². The summed E-state index contributed by atoms with van der Waals surface area (Å²) in [7, 11) is 0. The van der Waals surface area contributed by atoms with Crippen molar-refractivity contribution in [2.24, 2.45) is 0 Å². The van der Waals surface area contributed by atoms with Crippen molar-refractivity contribution in [1.29, 1.82) is 0 Å². The van der Waals surface area contributed by atoms with Gasteiger partial charge in [0.15, 0.2) is 0 Å². The Bertz CT molecular complexity index is 277. The molecule has 0 saturated carbocycles. The molecule has 0 bridgehead atoms. The van der Waals surface area contributed by atoms with E-state index in [1.165, 1.54) is 6.33 Å². The number of halogens is 1. The Hall–Kier alpha value is -0.680. The van der Waals surface area contributed by atoms with Crippen molar-refractivity contribution < 1.29 is 0 Å². The molecule has 0 aliphatic heterocycles. The van der Waals surface area contributed by atoms with Crippen LogP contribution in [0.15, 0.2) is 17.0 Å². The van der Waals surface area contributed by atoms with E-state index < -0.39 is 0 Å². The zero-order valence-corrected chi connectivity index (χ0v) is 10.0. The largest absolute Gasteiger partial charge is 0.368 e. The normalized spacial score (nSPS) is 10.6. The van der Waals surface area contributed by atoms with E-state index in [0.29, 0.717) is 6.04 Å². The summed E-state index contributed by atoms with van der Waals surface area (Å²) in [6, 6.07) is 0.519. The van der Waals surface area contributed by atoms with Crippen LogP contribution in [0.5, 0.6) is 0 Å². The minimum absolute atomic E-state index is 0.519. The monoisotopic (exact) mass is 258 g/mol. The summed E-state index contributed by atoms with van der Waals surface area (Å²) in [4.78, 5) is 7.99. The third-order valence-electron chi connectivity index (χ3n) is 1.64. The highest BCUT2D eigenvalue weighted by molar-refractivity contribution is 9.10. The predicted molar refractivity (Wildman–Crippen MR) is 61.4 cm³/mol. The van der Waals surface area contributed by atoms with Crippen molar-refractivity contribution in [3.63, 3.8) is 0 Å². The molecule has 1 rings (SSSR count). The molecule has 0 amide bonds. The van der Waals surface area contributed by atoms with Crippen LogP contribution in [0.3, 0.4) is 0 Å². The van der Waals surface area contributed by atoms with E-state index in [1.807, 2.05) is 0 Å². The minimum atomic E-state index is 0.519. The van der Waals surface area contributed by atoms with Gasteiger partial charge in [0.05, 0.1) is 4.47 Å². The molecule has 0 fully saturated rings. The fourth-order valence-corrected chi connectivity index (χ4v) is 1.35. The van der Waals surface area contributed by atoms with Gasteiger partial charge in [0.1, 0.15) is 12.1 Å². The van der Waals surface area contributed by atoms with Crippen LogP contribution in [0.4, 0.5) is 5.82 Å². The number of nitrogens with one attached hydrogen (secondary N) is 2. The lowest BCUT2D eigenvalue weighted by Crippen LogP contribution is -2.28. The van der Waals surface area contributed by atoms with Gasteiger partial charge in [0.2, 0.25) is 0 Å². The number of hydrogen-bond donors (Lipinski definition) is 2. The first-order chi connectivity index (χ1) is 6.70. The molecule has 0 aliphatic rings. The Balaban J connectivity index is 2.28. The van der Waals surface area contributed by atoms with Crippen LogP contribution >= 0.6 is 15.9 Å². The molecule has 0 saturated heterocycles. The topological polar surface area (TPSA) is 49.8 Å². The fraction of sp³-hybridized carbons (Fsp3) is 0.556. The van der Waals surface area contributed by atoms with Gasteiger partial charge in [0, 0.05) is 25.3 Å². The first-order valence-electron chi connectivity index (χ1n) is 4.63. The van der Waals surface area contributed by atoms with E-state index in [2.05, 4.69) is 50.4 Å². The van der Waals surface area contributed by atoms with E-state index in [1.54, 1.807) is 6.20 Å². The third-order valence-corrected chi connectivity index (χ3v) is 2.22. The van der Waals surface area contributed by atoms with E-state index in [4.69, 9.17) is 0 Å². The van der Waals surface area contributed by atoms with Gasteiger partial charge < -0.3 is 10.6 Å². The molecular formula is C9H15BrN4. The van der Waals surface area contributed by atoms with Gasteiger partial charge in [0.25, 0.3) is 0 Å². The lowest BCUT2D eigenvalue weighted by Gasteiger charge is -2.09. The first-order valence-corrected chi connectivity index (χ1v) is 5.42. The van der Waals surface area contributed by atoms with Gasteiger partial charge in [-0.15, -0.1) is 0 Å². The zero-order valence-electron chi connectivity index (χ0n) is 8.42. The molecule has 0 unspecified atom stereocenters. The molecule has 2 N–H and O–H groups in total. The highest BCUT2D eigenvalue weighted by atomic mass is 79.9. The van der Waals surface area contributed by atoms with Gasteiger partial charge in [-0.25, -0.2) is 9.97 Å². The molecule has 0 aliphatic carbocycles. The number of nitrogens with zero attached hydrogens (tertiary/aromatic N) is 2. The summed E-state index contributed by atoms with van der Waals surface area (Å²) >= 11 is 3.37. The zero-order chi connectivity index (χ0) is 10.4. The third kappa shape index (κ3) is 4.02. The van der Waals surface area contributed by atoms with Gasteiger partial charge >= 0.3 is 0 Å². The van der Waals surface area contributed by atoms with Gasteiger partial charge in [-0.3, -0.25) is 0 Å². The number of rotatable bonds is 5. The Morgan fingerprint density at radius 2 is 2.21 bits per heavy atom. The van der Waals surface area contributed by atoms with Crippen molar-refractivity contribution in [3.05, 3.63) is 17.0 Å². The lowest BCUT2D eigenvalue weighted by atomic mass is 10.4. The summed E-state index contributed by atoms with van der Waals surface area (Å²) in [6.07, 6.45) is 3.26. The Kier molecular flexibility index (Phi) is 4.82. The van der Waals surface area contributed by atoms with Crippen LogP contribution in [-0.4, -0.2) is 29.1 Å². The molecular weight excluding hydrogens is 244 g/mol. The summed E-state index contributed by atoms with van der Waals surface area (Å²) in [5, 5.41) is 6.52. The van der Waals surface area contributed by atoms with Gasteiger partial charge in [-0.1, -0.05) is 13.8 Å². The molecule has 1 heterocycles. The average Bonchev–Trinajstić information content (AvgIpc) is 2.15. The molecule has 14 heavy (non-hydrogen) atoms. The molecule has 0 radical (unpaired) electrons. The van der Waals surface area contributed by atoms with E-state index in [0.717, 1.165) is 23.4 Å². The number of anilines is 1. The molecule has 0 spiro atoms. The van der Waals surface area contributed by atoms with Gasteiger partial charge in [-0.2, -0.15) is 0 Å². The van der Waals surface area contributed by atoms with Crippen molar-refractivity contribution in [1.82, 2.24) is 15.3 Å². The summed E-state index contributed by atoms with van der Waals surface area (Å²) in [5.41, 5.74) is 0. The average molecular weight is 259 g/mol. The van der Waals surface area contributed by atoms with Crippen molar-refractivity contribution in [3.8, 4) is 0 Å². The highest BCUT2D eigenvalue weighted by Gasteiger charge is 1.98. The fourth-order valence-electron chi connectivity index (χ4n) is 0.984. The molecule has 1 aromatic heterocycles. The lowest BCUT2D eigenvalue weighted by molar-refractivity contribution is 0.602. The SMILES string of the molecule is CC(C)NCCNc1ncncc1Br. The molecule has 0 aromatic carbocycles. The van der Waals surface area contributed by atoms with Crippen molar-refractivity contribution >= 4 is 21.7 Å². The standard InChI is InChI=1S/C9H15BrN4/c1-7(2)12-3-4-13-9-8(10)5-11-6-14-9/h5-7,12H,3-4H2,1-2H3,(H,11,13,14). The van der Waals surface area contributed by atoms with Crippen LogP contribution in [0.1, 0.15) is 13.8 Å². The first kappa shape index (κ1) is 11.4. The Labute approximate surface area is 92.7 Å². The maximum absolute atomic E-state index is 4.10. The highest BCUT2D eigenvalue weighted by Crippen LogP contribution is 2.16. The summed E-state index contributed by atoms with van der Waals surface area (Å²) < 4.78 is 0.893. The molecule has 0 atom stereocenters.